The number of hydrogen-bond donors (Lipinski definition) is 3. The van der Waals surface area contributed by atoms with Gasteiger partial charge in [-0.1, -0.05) is 17.7 Å². The third-order valence-electron chi connectivity index (χ3n) is 1.90. The van der Waals surface area contributed by atoms with E-state index in [2.05, 4.69) is 0 Å². The SMILES string of the molecule is Cc1ccc(N)cc1.O=C1CC(=O)NC(=O)N1. The molecule has 0 saturated carbocycles. The fourth-order valence-corrected chi connectivity index (χ4v) is 1.09. The first-order valence-electron chi connectivity index (χ1n) is 4.93. The number of barbiturate groups is 1. The average Bonchev–Trinajstić information content (AvgIpc) is 2.21. The van der Waals surface area contributed by atoms with Gasteiger partial charge < -0.3 is 5.73 Å². The van der Waals surface area contributed by atoms with E-state index in [0.717, 1.165) is 5.69 Å². The quantitative estimate of drug-likeness (QED) is 0.445. The van der Waals surface area contributed by atoms with Crippen LogP contribution >= 0.6 is 0 Å². The summed E-state index contributed by atoms with van der Waals surface area (Å²) in [6.45, 7) is 2.04. The second-order valence-electron chi connectivity index (χ2n) is 3.51. The van der Waals surface area contributed by atoms with E-state index in [9.17, 15) is 14.4 Å². The Hall–Kier alpha value is -2.37. The van der Waals surface area contributed by atoms with Gasteiger partial charge in [-0.25, -0.2) is 4.79 Å². The third-order valence-corrected chi connectivity index (χ3v) is 1.90. The zero-order valence-electron chi connectivity index (χ0n) is 9.32. The van der Waals surface area contributed by atoms with Gasteiger partial charge in [-0.05, 0) is 19.1 Å². The molecule has 0 spiro atoms. The van der Waals surface area contributed by atoms with Crippen LogP contribution in [-0.2, 0) is 9.59 Å². The van der Waals surface area contributed by atoms with E-state index in [1.54, 1.807) is 0 Å². The van der Waals surface area contributed by atoms with Gasteiger partial charge in [-0.2, -0.15) is 0 Å². The molecular formula is C11H13N3O3. The smallest absolute Gasteiger partial charge is 0.328 e. The zero-order valence-corrected chi connectivity index (χ0v) is 9.32. The minimum Gasteiger partial charge on any atom is -0.399 e. The average molecular weight is 235 g/mol. The standard InChI is InChI=1S/C7H9N.C4H4N2O3/c1-6-2-4-7(8)5-3-6;7-2-1-3(8)6-4(9)5-2/h2-5H,8H2,1H3;1H2,(H2,5,6,7,8,9). The lowest BCUT2D eigenvalue weighted by molar-refractivity contribution is -0.129. The van der Waals surface area contributed by atoms with Crippen molar-refractivity contribution in [2.24, 2.45) is 0 Å². The molecule has 0 atom stereocenters. The van der Waals surface area contributed by atoms with Crippen LogP contribution in [0.1, 0.15) is 12.0 Å². The maximum atomic E-state index is 10.3. The number of nitrogens with one attached hydrogen (secondary N) is 2. The van der Waals surface area contributed by atoms with E-state index < -0.39 is 17.8 Å². The summed E-state index contributed by atoms with van der Waals surface area (Å²) in [5, 5.41) is 3.80. The summed E-state index contributed by atoms with van der Waals surface area (Å²) in [5.74, 6) is -1.10. The third kappa shape index (κ3) is 4.78. The number of aryl methyl sites for hydroxylation is 1. The summed E-state index contributed by atoms with van der Waals surface area (Å²) in [6.07, 6.45) is -0.258. The lowest BCUT2D eigenvalue weighted by Crippen LogP contribution is -2.49. The summed E-state index contributed by atoms with van der Waals surface area (Å²) in [4.78, 5) is 30.8. The Labute approximate surface area is 98.2 Å². The number of rotatable bonds is 0. The summed E-state index contributed by atoms with van der Waals surface area (Å²) in [5.41, 5.74) is 7.51. The number of benzene rings is 1. The number of anilines is 1. The summed E-state index contributed by atoms with van der Waals surface area (Å²) < 4.78 is 0. The second kappa shape index (κ2) is 5.64. The highest BCUT2D eigenvalue weighted by Gasteiger charge is 2.20. The number of carbonyl (C=O) groups excluding carboxylic acids is 3. The first-order valence-corrected chi connectivity index (χ1v) is 4.93. The number of nitrogen functional groups attached to an aromatic ring is 1. The Balaban J connectivity index is 0.000000171. The minimum atomic E-state index is -0.740. The van der Waals surface area contributed by atoms with Crippen molar-refractivity contribution in [3.63, 3.8) is 0 Å². The molecule has 0 aliphatic carbocycles. The number of nitrogens with two attached hydrogens (primary N) is 1. The molecule has 17 heavy (non-hydrogen) atoms. The molecule has 4 N–H and O–H groups in total. The molecule has 1 heterocycles. The van der Waals surface area contributed by atoms with Crippen molar-refractivity contribution in [2.45, 2.75) is 13.3 Å². The number of hydrogen-bond acceptors (Lipinski definition) is 4. The van der Waals surface area contributed by atoms with Crippen molar-refractivity contribution in [1.82, 2.24) is 10.6 Å². The van der Waals surface area contributed by atoms with Crippen LogP contribution in [0.4, 0.5) is 10.5 Å². The number of carbonyl (C=O) groups is 3. The normalized spacial score (nSPS) is 14.3. The first kappa shape index (κ1) is 12.7. The van der Waals surface area contributed by atoms with E-state index in [1.807, 2.05) is 41.8 Å². The van der Waals surface area contributed by atoms with Gasteiger partial charge in [-0.15, -0.1) is 0 Å². The van der Waals surface area contributed by atoms with Gasteiger partial charge in [0, 0.05) is 5.69 Å². The number of amides is 4. The minimum absolute atomic E-state index is 0.258. The van der Waals surface area contributed by atoms with Crippen molar-refractivity contribution in [2.75, 3.05) is 5.73 Å². The number of urea groups is 1. The highest BCUT2D eigenvalue weighted by Crippen LogP contribution is 2.02. The fraction of sp³-hybridized carbons (Fsp3) is 0.182. The van der Waals surface area contributed by atoms with Crippen molar-refractivity contribution in [1.29, 1.82) is 0 Å². The van der Waals surface area contributed by atoms with Crippen LogP contribution in [0.25, 0.3) is 0 Å². The predicted molar refractivity (Wildman–Crippen MR) is 61.9 cm³/mol. The van der Waals surface area contributed by atoms with E-state index in [4.69, 9.17) is 5.73 Å². The van der Waals surface area contributed by atoms with Crippen LogP contribution in [0.15, 0.2) is 24.3 Å². The molecule has 4 amide bonds. The molecule has 1 aliphatic heterocycles. The lowest BCUT2D eigenvalue weighted by Gasteiger charge is -2.09. The summed E-state index contributed by atoms with van der Waals surface area (Å²) in [7, 11) is 0. The second-order valence-corrected chi connectivity index (χ2v) is 3.51. The predicted octanol–water partition coefficient (Wildman–Crippen LogP) is 0.320. The molecule has 1 aromatic rings. The molecule has 6 nitrogen and oxygen atoms in total. The van der Waals surface area contributed by atoms with Crippen molar-refractivity contribution in [3.8, 4) is 0 Å². The van der Waals surface area contributed by atoms with Crippen molar-refractivity contribution >= 4 is 23.5 Å². The molecule has 0 radical (unpaired) electrons. The van der Waals surface area contributed by atoms with Crippen LogP contribution in [0.5, 0.6) is 0 Å². The van der Waals surface area contributed by atoms with E-state index >= 15 is 0 Å². The maximum Gasteiger partial charge on any atom is 0.328 e. The Bertz CT molecular complexity index is 373. The summed E-state index contributed by atoms with van der Waals surface area (Å²) in [6, 6.07) is 7.05. The highest BCUT2D eigenvalue weighted by molar-refractivity contribution is 6.14. The van der Waals surface area contributed by atoms with Crippen LogP contribution < -0.4 is 16.4 Å². The van der Waals surface area contributed by atoms with E-state index in [0.29, 0.717) is 0 Å². The Morgan fingerprint density at radius 1 is 1.00 bits per heavy atom. The highest BCUT2D eigenvalue weighted by atomic mass is 16.2. The van der Waals surface area contributed by atoms with Gasteiger partial charge in [0.2, 0.25) is 11.8 Å². The van der Waals surface area contributed by atoms with Crippen LogP contribution in [0, 0.1) is 6.92 Å². The molecule has 6 heteroatoms. The lowest BCUT2D eigenvalue weighted by atomic mass is 10.2. The maximum absolute atomic E-state index is 10.3. The molecule has 0 unspecified atom stereocenters. The zero-order chi connectivity index (χ0) is 12.8. The monoisotopic (exact) mass is 235 g/mol. The molecule has 90 valence electrons. The van der Waals surface area contributed by atoms with Gasteiger partial charge >= 0.3 is 6.03 Å². The molecule has 1 aliphatic rings. The Morgan fingerprint density at radius 3 is 1.82 bits per heavy atom. The Morgan fingerprint density at radius 2 is 1.47 bits per heavy atom. The van der Waals surface area contributed by atoms with Crippen molar-refractivity contribution < 1.29 is 14.4 Å². The van der Waals surface area contributed by atoms with Gasteiger partial charge in [0.05, 0.1) is 0 Å². The van der Waals surface area contributed by atoms with E-state index in [-0.39, 0.29) is 6.42 Å². The molecular weight excluding hydrogens is 222 g/mol. The fourth-order valence-electron chi connectivity index (χ4n) is 1.09. The number of imide groups is 2. The van der Waals surface area contributed by atoms with Crippen LogP contribution in [0.3, 0.4) is 0 Å². The van der Waals surface area contributed by atoms with Crippen molar-refractivity contribution in [3.05, 3.63) is 29.8 Å². The van der Waals surface area contributed by atoms with Gasteiger partial charge in [0.25, 0.3) is 0 Å². The largest absolute Gasteiger partial charge is 0.399 e. The molecule has 1 aromatic carbocycles. The van der Waals surface area contributed by atoms with Gasteiger partial charge in [0.15, 0.2) is 0 Å². The van der Waals surface area contributed by atoms with Gasteiger partial charge in [0.1, 0.15) is 6.42 Å². The van der Waals surface area contributed by atoms with Crippen LogP contribution in [0.2, 0.25) is 0 Å². The Kier molecular flexibility index (Phi) is 4.21. The molecule has 0 bridgehead atoms. The molecule has 2 rings (SSSR count). The topological polar surface area (TPSA) is 101 Å². The van der Waals surface area contributed by atoms with E-state index in [1.165, 1.54) is 5.56 Å². The summed E-state index contributed by atoms with van der Waals surface area (Å²) >= 11 is 0. The molecule has 1 fully saturated rings. The molecule has 0 aromatic heterocycles. The molecule has 1 saturated heterocycles. The van der Waals surface area contributed by atoms with Crippen LogP contribution in [-0.4, -0.2) is 17.8 Å². The first-order chi connectivity index (χ1) is 7.97. The van der Waals surface area contributed by atoms with Gasteiger partial charge in [-0.3, -0.25) is 20.2 Å².